The number of amides is 1. The zero-order valence-electron chi connectivity index (χ0n) is 15.2. The molecule has 140 valence electrons. The van der Waals surface area contributed by atoms with Crippen LogP contribution < -0.4 is 9.47 Å². The third-order valence-electron chi connectivity index (χ3n) is 4.24. The monoisotopic (exact) mass is 430 g/mol. The number of hydrogen-bond donors (Lipinski definition) is 0. The highest BCUT2D eigenvalue weighted by Gasteiger charge is 2.32. The van der Waals surface area contributed by atoms with Crippen molar-refractivity contribution in [3.63, 3.8) is 0 Å². The Morgan fingerprint density at radius 3 is 2.44 bits per heavy atom. The van der Waals surface area contributed by atoms with Gasteiger partial charge in [0.1, 0.15) is 11.5 Å². The van der Waals surface area contributed by atoms with Gasteiger partial charge in [0, 0.05) is 36.4 Å². The molecular weight excluding hydrogens is 412 g/mol. The van der Waals surface area contributed by atoms with Gasteiger partial charge in [-0.25, -0.2) is 5.01 Å². The quantitative estimate of drug-likeness (QED) is 0.541. The number of carbonyl (C=O) groups excluding carboxylic acids is 2. The number of hydrogen-bond acceptors (Lipinski definition) is 5. The molecule has 0 fully saturated rings. The Kier molecular flexibility index (Phi) is 5.60. The lowest BCUT2D eigenvalue weighted by Gasteiger charge is -2.20. The van der Waals surface area contributed by atoms with E-state index in [0.29, 0.717) is 29.2 Å². The number of rotatable bonds is 4. The maximum absolute atomic E-state index is 12.1. The minimum Gasteiger partial charge on any atom is -0.497 e. The van der Waals surface area contributed by atoms with E-state index in [2.05, 4.69) is 21.0 Å². The van der Waals surface area contributed by atoms with Gasteiger partial charge in [0.25, 0.3) is 0 Å². The number of halogens is 1. The van der Waals surface area contributed by atoms with E-state index in [1.54, 1.807) is 25.3 Å². The van der Waals surface area contributed by atoms with Crippen molar-refractivity contribution in [3.05, 3.63) is 58.1 Å². The molecule has 7 heteroatoms. The summed E-state index contributed by atoms with van der Waals surface area (Å²) in [6, 6.07) is 12.8. The summed E-state index contributed by atoms with van der Waals surface area (Å²) in [5.74, 6) is 0.346. The van der Waals surface area contributed by atoms with Crippen molar-refractivity contribution < 1.29 is 19.1 Å². The van der Waals surface area contributed by atoms with Crippen molar-refractivity contribution in [2.75, 3.05) is 7.11 Å². The normalized spacial score (nSPS) is 16.1. The zero-order chi connectivity index (χ0) is 19.6. The van der Waals surface area contributed by atoms with Crippen molar-refractivity contribution in [1.82, 2.24) is 5.01 Å². The largest absolute Gasteiger partial charge is 0.497 e. The Morgan fingerprint density at radius 1 is 1.15 bits per heavy atom. The van der Waals surface area contributed by atoms with Gasteiger partial charge >= 0.3 is 5.97 Å². The molecule has 3 rings (SSSR count). The number of hydrazone groups is 1. The van der Waals surface area contributed by atoms with Crippen LogP contribution in [0.5, 0.6) is 11.5 Å². The maximum Gasteiger partial charge on any atom is 0.308 e. The molecule has 0 aromatic heterocycles. The molecule has 0 radical (unpaired) electrons. The van der Waals surface area contributed by atoms with E-state index in [-0.39, 0.29) is 11.9 Å². The topological polar surface area (TPSA) is 68.2 Å². The van der Waals surface area contributed by atoms with Crippen LogP contribution in [0, 0.1) is 0 Å². The summed E-state index contributed by atoms with van der Waals surface area (Å²) in [6.07, 6.45) is 0.516. The Balaban J connectivity index is 1.99. The molecule has 0 saturated heterocycles. The number of methoxy groups -OCH3 is 1. The van der Waals surface area contributed by atoms with E-state index in [0.717, 1.165) is 10.0 Å². The average Bonchev–Trinajstić information content (AvgIpc) is 3.07. The van der Waals surface area contributed by atoms with Crippen molar-refractivity contribution in [1.29, 1.82) is 0 Å². The van der Waals surface area contributed by atoms with Gasteiger partial charge in [-0.3, -0.25) is 9.59 Å². The molecule has 1 atom stereocenters. The molecule has 0 saturated carbocycles. The zero-order valence-corrected chi connectivity index (χ0v) is 16.8. The maximum atomic E-state index is 12.1. The van der Waals surface area contributed by atoms with Gasteiger partial charge in [0.15, 0.2) is 0 Å². The van der Waals surface area contributed by atoms with Gasteiger partial charge in [-0.15, -0.1) is 0 Å². The van der Waals surface area contributed by atoms with Crippen LogP contribution >= 0.6 is 15.9 Å². The molecule has 1 amide bonds. The third-order valence-corrected chi connectivity index (χ3v) is 4.77. The number of esters is 1. The molecule has 0 bridgehead atoms. The molecule has 2 aromatic rings. The van der Waals surface area contributed by atoms with Crippen LogP contribution in [0.2, 0.25) is 0 Å². The first-order valence-corrected chi connectivity index (χ1v) is 9.18. The number of nitrogens with zero attached hydrogens (tertiary/aromatic N) is 2. The van der Waals surface area contributed by atoms with Crippen molar-refractivity contribution in [2.24, 2.45) is 5.10 Å². The standard InChI is InChI=1S/C20H19BrN2O4/c1-12(24)23-19(14-4-6-15(21)7-5-14)11-18(22-23)17-9-8-16(26-3)10-20(17)27-13(2)25/h4-10,19H,11H2,1-3H3/t19-/m1/s1. The Morgan fingerprint density at radius 2 is 1.85 bits per heavy atom. The summed E-state index contributed by atoms with van der Waals surface area (Å²) >= 11 is 3.42. The van der Waals surface area contributed by atoms with Gasteiger partial charge in [-0.1, -0.05) is 28.1 Å². The molecule has 0 N–H and O–H groups in total. The highest BCUT2D eigenvalue weighted by molar-refractivity contribution is 9.10. The summed E-state index contributed by atoms with van der Waals surface area (Å²) in [5, 5.41) is 5.99. The predicted molar refractivity (Wildman–Crippen MR) is 105 cm³/mol. The van der Waals surface area contributed by atoms with Crippen LogP contribution in [-0.2, 0) is 9.59 Å². The van der Waals surface area contributed by atoms with E-state index in [1.165, 1.54) is 18.9 Å². The van der Waals surface area contributed by atoms with E-state index in [1.807, 2.05) is 24.3 Å². The summed E-state index contributed by atoms with van der Waals surface area (Å²) < 4.78 is 11.5. The van der Waals surface area contributed by atoms with Crippen LogP contribution in [0.25, 0.3) is 0 Å². The molecule has 0 aliphatic carbocycles. The third kappa shape index (κ3) is 4.19. The lowest BCUT2D eigenvalue weighted by atomic mass is 9.98. The van der Waals surface area contributed by atoms with Crippen molar-refractivity contribution in [2.45, 2.75) is 26.3 Å². The second-order valence-corrected chi connectivity index (χ2v) is 7.05. The summed E-state index contributed by atoms with van der Waals surface area (Å²) in [5.41, 5.74) is 2.32. The minimum atomic E-state index is -0.434. The van der Waals surface area contributed by atoms with Crippen LogP contribution in [0.15, 0.2) is 52.0 Å². The molecular formula is C20H19BrN2O4. The first-order valence-electron chi connectivity index (χ1n) is 8.38. The number of benzene rings is 2. The van der Waals surface area contributed by atoms with E-state index in [9.17, 15) is 9.59 Å². The van der Waals surface area contributed by atoms with E-state index >= 15 is 0 Å². The van der Waals surface area contributed by atoms with E-state index in [4.69, 9.17) is 9.47 Å². The lowest BCUT2D eigenvalue weighted by Crippen LogP contribution is -2.24. The summed E-state index contributed by atoms with van der Waals surface area (Å²) in [6.45, 7) is 2.82. The van der Waals surface area contributed by atoms with Crippen LogP contribution in [0.4, 0.5) is 0 Å². The van der Waals surface area contributed by atoms with Crippen LogP contribution in [0.1, 0.15) is 37.4 Å². The molecule has 1 aliphatic heterocycles. The molecule has 6 nitrogen and oxygen atoms in total. The van der Waals surface area contributed by atoms with Gasteiger partial charge in [-0.2, -0.15) is 5.10 Å². The number of carbonyl (C=O) groups is 2. The molecule has 27 heavy (non-hydrogen) atoms. The SMILES string of the molecule is COc1ccc(C2=NN(C(C)=O)[C@@H](c3ccc(Br)cc3)C2)c(OC(C)=O)c1. The minimum absolute atomic E-state index is 0.152. The van der Waals surface area contributed by atoms with Crippen LogP contribution in [0.3, 0.4) is 0 Å². The van der Waals surface area contributed by atoms with Gasteiger partial charge in [0.2, 0.25) is 5.91 Å². The molecule has 0 unspecified atom stereocenters. The lowest BCUT2D eigenvalue weighted by molar-refractivity contribution is -0.132. The first kappa shape index (κ1) is 19.1. The van der Waals surface area contributed by atoms with Crippen LogP contribution in [-0.4, -0.2) is 29.7 Å². The predicted octanol–water partition coefficient (Wildman–Crippen LogP) is 4.08. The molecule has 1 heterocycles. The van der Waals surface area contributed by atoms with Gasteiger partial charge < -0.3 is 9.47 Å². The van der Waals surface area contributed by atoms with Crippen molar-refractivity contribution in [3.8, 4) is 11.5 Å². The fourth-order valence-corrected chi connectivity index (χ4v) is 3.28. The first-order chi connectivity index (χ1) is 12.9. The second-order valence-electron chi connectivity index (χ2n) is 6.14. The molecule has 0 spiro atoms. The van der Waals surface area contributed by atoms with Crippen molar-refractivity contribution >= 4 is 33.5 Å². The molecule has 1 aliphatic rings. The van der Waals surface area contributed by atoms with Gasteiger partial charge in [-0.05, 0) is 29.8 Å². The fraction of sp³-hybridized carbons (Fsp3) is 0.250. The van der Waals surface area contributed by atoms with E-state index < -0.39 is 5.97 Å². The Hall–Kier alpha value is -2.67. The Labute approximate surface area is 165 Å². The Bertz CT molecular complexity index is 909. The fourth-order valence-electron chi connectivity index (χ4n) is 3.02. The molecule has 2 aromatic carbocycles. The smallest absolute Gasteiger partial charge is 0.308 e. The summed E-state index contributed by atoms with van der Waals surface area (Å²) in [4.78, 5) is 23.6. The average molecular weight is 431 g/mol. The highest BCUT2D eigenvalue weighted by atomic mass is 79.9. The van der Waals surface area contributed by atoms with Gasteiger partial charge in [0.05, 0.1) is 18.9 Å². The second kappa shape index (κ2) is 7.92. The summed E-state index contributed by atoms with van der Waals surface area (Å²) in [7, 11) is 1.54. The highest BCUT2D eigenvalue weighted by Crippen LogP contribution is 2.36. The number of ether oxygens (including phenoxy) is 2.